The molecule has 1 N–H and O–H groups in total. The maximum Gasteiger partial charge on any atom is 0.225 e. The van der Waals surface area contributed by atoms with Gasteiger partial charge in [-0.25, -0.2) is 9.37 Å². The van der Waals surface area contributed by atoms with E-state index in [1.54, 1.807) is 12.1 Å². The molecule has 0 saturated heterocycles. The van der Waals surface area contributed by atoms with Gasteiger partial charge in [-0.3, -0.25) is 4.79 Å². The smallest absolute Gasteiger partial charge is 0.225 e. The lowest BCUT2D eigenvalue weighted by molar-refractivity contribution is -0.137. The number of benzene rings is 2. The maximum absolute atomic E-state index is 13.6. The van der Waals surface area contributed by atoms with Crippen LogP contribution in [0.4, 0.5) is 15.9 Å². The summed E-state index contributed by atoms with van der Waals surface area (Å²) in [5.74, 6) is 2.35. The van der Waals surface area contributed by atoms with Gasteiger partial charge >= 0.3 is 0 Å². The summed E-state index contributed by atoms with van der Waals surface area (Å²) in [6.07, 6.45) is 4.78. The van der Waals surface area contributed by atoms with E-state index >= 15 is 0 Å². The van der Waals surface area contributed by atoms with E-state index < -0.39 is 0 Å². The molecule has 2 heterocycles. The lowest BCUT2D eigenvalue weighted by Gasteiger charge is -2.33. The first-order valence-corrected chi connectivity index (χ1v) is 12.0. The minimum absolute atomic E-state index is 0.0417. The molecule has 1 saturated carbocycles. The number of rotatable bonds is 6. The number of nitrogens with zero attached hydrogens (tertiary/aromatic N) is 3. The molecule has 0 spiro atoms. The molecule has 1 amide bonds. The average molecular weight is 467 g/mol. The summed E-state index contributed by atoms with van der Waals surface area (Å²) in [6, 6.07) is 13.8. The van der Waals surface area contributed by atoms with E-state index in [9.17, 15) is 9.18 Å². The first kappa shape index (κ1) is 22.0. The van der Waals surface area contributed by atoms with Crippen molar-refractivity contribution < 1.29 is 9.18 Å². The Bertz CT molecular complexity index is 1140. The van der Waals surface area contributed by atoms with Gasteiger partial charge in [-0.15, -0.1) is 0 Å². The Morgan fingerprint density at radius 3 is 2.55 bits per heavy atom. The summed E-state index contributed by atoms with van der Waals surface area (Å²) < 4.78 is 15.7. The van der Waals surface area contributed by atoms with Crippen molar-refractivity contribution in [2.75, 3.05) is 11.9 Å². The molecule has 0 radical (unpaired) electrons. The minimum atomic E-state index is -0.285. The summed E-state index contributed by atoms with van der Waals surface area (Å²) in [5, 5.41) is 4.14. The Morgan fingerprint density at radius 2 is 1.88 bits per heavy atom. The molecule has 2 aliphatic rings. The lowest BCUT2D eigenvalue weighted by atomic mass is 9.79. The predicted octanol–water partition coefficient (Wildman–Crippen LogP) is 6.25. The monoisotopic (exact) mass is 466 g/mol. The zero-order valence-electron chi connectivity index (χ0n) is 18.7. The Morgan fingerprint density at radius 1 is 1.15 bits per heavy atom. The second-order valence-electron chi connectivity index (χ2n) is 9.21. The Labute approximate surface area is 198 Å². The topological polar surface area (TPSA) is 50.2 Å². The molecular weight excluding hydrogens is 439 g/mol. The Balaban J connectivity index is 1.43. The lowest BCUT2D eigenvalue weighted by Crippen LogP contribution is -2.41. The molecule has 1 fully saturated rings. The molecule has 5 nitrogen and oxygen atoms in total. The molecule has 1 unspecified atom stereocenters. The summed E-state index contributed by atoms with van der Waals surface area (Å²) in [7, 11) is 0. The number of hydrogen-bond donors (Lipinski definition) is 1. The molecule has 1 atom stereocenters. The van der Waals surface area contributed by atoms with E-state index in [2.05, 4.69) is 16.8 Å². The number of nitrogens with one attached hydrogen (secondary N) is 1. The Hall–Kier alpha value is -2.86. The van der Waals surface area contributed by atoms with Crippen LogP contribution in [-0.2, 0) is 17.9 Å². The first-order chi connectivity index (χ1) is 16.0. The van der Waals surface area contributed by atoms with Gasteiger partial charge in [-0.1, -0.05) is 37.8 Å². The summed E-state index contributed by atoms with van der Waals surface area (Å²) in [4.78, 5) is 20.0. The van der Waals surface area contributed by atoms with E-state index in [0.717, 1.165) is 35.0 Å². The average Bonchev–Trinajstić information content (AvgIpc) is 3.15. The van der Waals surface area contributed by atoms with Gasteiger partial charge < -0.3 is 14.8 Å². The highest BCUT2D eigenvalue weighted by Crippen LogP contribution is 2.35. The quantitative estimate of drug-likeness (QED) is 0.466. The second-order valence-corrected chi connectivity index (χ2v) is 9.65. The molecule has 1 aromatic heterocycles. The number of imidazole rings is 1. The van der Waals surface area contributed by atoms with Crippen molar-refractivity contribution >= 4 is 29.0 Å². The third-order valence-electron chi connectivity index (χ3n) is 6.84. The van der Waals surface area contributed by atoms with Gasteiger partial charge in [0, 0.05) is 35.3 Å². The third kappa shape index (κ3) is 4.62. The number of halogens is 2. The van der Waals surface area contributed by atoms with E-state index in [0.29, 0.717) is 30.6 Å². The SMILES string of the molecule is CC(CC1CCC1)C(=O)N1CCn2c(nc(-c3ccc(F)cc3)c2Nc2ccc(Cl)cc2)C1. The molecule has 1 aliphatic carbocycles. The highest BCUT2D eigenvalue weighted by Gasteiger charge is 2.31. The van der Waals surface area contributed by atoms with Crippen LogP contribution >= 0.6 is 11.6 Å². The van der Waals surface area contributed by atoms with E-state index in [1.807, 2.05) is 29.2 Å². The maximum atomic E-state index is 13.6. The molecule has 3 aromatic rings. The van der Waals surface area contributed by atoms with Crippen molar-refractivity contribution in [3.8, 4) is 11.3 Å². The van der Waals surface area contributed by atoms with Gasteiger partial charge in [0.15, 0.2) is 0 Å². The molecule has 7 heteroatoms. The molecule has 0 bridgehead atoms. The van der Waals surface area contributed by atoms with Crippen LogP contribution in [0.1, 0.15) is 38.4 Å². The number of anilines is 2. The highest BCUT2D eigenvalue weighted by atomic mass is 35.5. The van der Waals surface area contributed by atoms with E-state index in [4.69, 9.17) is 16.6 Å². The van der Waals surface area contributed by atoms with Crippen molar-refractivity contribution in [2.45, 2.75) is 45.7 Å². The molecule has 33 heavy (non-hydrogen) atoms. The second kappa shape index (κ2) is 9.18. The number of fused-ring (bicyclic) bond motifs is 1. The van der Waals surface area contributed by atoms with Crippen molar-refractivity contribution in [1.29, 1.82) is 0 Å². The van der Waals surface area contributed by atoms with Crippen molar-refractivity contribution in [3.63, 3.8) is 0 Å². The van der Waals surface area contributed by atoms with Crippen LogP contribution in [0.5, 0.6) is 0 Å². The van der Waals surface area contributed by atoms with Crippen molar-refractivity contribution in [1.82, 2.24) is 14.5 Å². The van der Waals surface area contributed by atoms with Crippen LogP contribution in [0, 0.1) is 17.7 Å². The van der Waals surface area contributed by atoms with E-state index in [-0.39, 0.29) is 17.6 Å². The number of amides is 1. The molecule has 5 rings (SSSR count). The zero-order chi connectivity index (χ0) is 22.9. The van der Waals surface area contributed by atoms with Crippen LogP contribution in [0.25, 0.3) is 11.3 Å². The first-order valence-electron chi connectivity index (χ1n) is 11.6. The van der Waals surface area contributed by atoms with Crippen LogP contribution in [0.15, 0.2) is 48.5 Å². The Kier molecular flexibility index (Phi) is 6.11. The van der Waals surface area contributed by atoms with Crippen LogP contribution in [0.2, 0.25) is 5.02 Å². The van der Waals surface area contributed by atoms with Gasteiger partial charge in [0.2, 0.25) is 5.91 Å². The molecule has 1 aliphatic heterocycles. The van der Waals surface area contributed by atoms with Crippen LogP contribution in [0.3, 0.4) is 0 Å². The summed E-state index contributed by atoms with van der Waals surface area (Å²) in [5.41, 5.74) is 2.46. The van der Waals surface area contributed by atoms with Gasteiger partial charge in [0.25, 0.3) is 0 Å². The minimum Gasteiger partial charge on any atom is -0.340 e. The van der Waals surface area contributed by atoms with Crippen LogP contribution < -0.4 is 5.32 Å². The number of carbonyl (C=O) groups excluding carboxylic acids is 1. The molecular formula is C26H28ClFN4O. The standard InChI is InChI=1S/C26H28ClFN4O/c1-17(15-18-3-2-4-18)26(33)31-13-14-32-23(16-31)30-24(19-5-9-21(28)10-6-19)25(32)29-22-11-7-20(27)8-12-22/h5-12,17-18,29H,2-4,13-16H2,1H3. The van der Waals surface area contributed by atoms with Crippen molar-refractivity contribution in [2.24, 2.45) is 11.8 Å². The van der Waals surface area contributed by atoms with Gasteiger partial charge in [-0.2, -0.15) is 0 Å². The van der Waals surface area contributed by atoms with Gasteiger partial charge in [0.05, 0.1) is 6.54 Å². The normalized spacial score (nSPS) is 16.8. The fourth-order valence-electron chi connectivity index (χ4n) is 4.77. The highest BCUT2D eigenvalue weighted by molar-refractivity contribution is 6.30. The van der Waals surface area contributed by atoms with Crippen LogP contribution in [-0.4, -0.2) is 26.9 Å². The fraction of sp³-hybridized carbons (Fsp3) is 0.385. The number of carbonyl (C=O) groups is 1. The molecule has 172 valence electrons. The van der Waals surface area contributed by atoms with Gasteiger partial charge in [-0.05, 0) is 60.9 Å². The zero-order valence-corrected chi connectivity index (χ0v) is 19.5. The third-order valence-corrected chi connectivity index (χ3v) is 7.09. The molecule has 2 aromatic carbocycles. The van der Waals surface area contributed by atoms with Crippen molar-refractivity contribution in [3.05, 3.63) is 65.2 Å². The largest absolute Gasteiger partial charge is 0.340 e. The fourth-order valence-corrected chi connectivity index (χ4v) is 4.89. The van der Waals surface area contributed by atoms with Gasteiger partial charge in [0.1, 0.15) is 23.2 Å². The summed E-state index contributed by atoms with van der Waals surface area (Å²) >= 11 is 6.05. The summed E-state index contributed by atoms with van der Waals surface area (Å²) in [6.45, 7) is 3.83. The number of hydrogen-bond acceptors (Lipinski definition) is 3. The number of aromatic nitrogens is 2. The van der Waals surface area contributed by atoms with E-state index in [1.165, 1.54) is 31.4 Å². The predicted molar refractivity (Wildman–Crippen MR) is 129 cm³/mol.